The van der Waals surface area contributed by atoms with Crippen molar-refractivity contribution in [1.29, 1.82) is 0 Å². The molecule has 3 rings (SSSR count). The van der Waals surface area contributed by atoms with Crippen LogP contribution in [0.4, 0.5) is 13.2 Å². The number of benzene rings is 2. The van der Waals surface area contributed by atoms with Gasteiger partial charge in [-0.3, -0.25) is 10.1 Å². The monoisotopic (exact) mass is 390 g/mol. The van der Waals surface area contributed by atoms with Crippen molar-refractivity contribution >= 4 is 16.9 Å². The zero-order chi connectivity index (χ0) is 20.3. The first-order chi connectivity index (χ1) is 13.3. The van der Waals surface area contributed by atoms with Crippen LogP contribution in [0.2, 0.25) is 0 Å². The Labute approximate surface area is 160 Å². The molecule has 0 saturated heterocycles. The van der Waals surface area contributed by atoms with Crippen LogP contribution >= 0.6 is 0 Å². The van der Waals surface area contributed by atoms with Crippen LogP contribution in [0.25, 0.3) is 22.0 Å². The highest BCUT2D eigenvalue weighted by atomic mass is 19.4. The molecule has 1 aromatic heterocycles. The van der Waals surface area contributed by atoms with E-state index in [1.807, 2.05) is 30.5 Å². The van der Waals surface area contributed by atoms with Gasteiger partial charge in [0.15, 0.2) is 0 Å². The lowest BCUT2D eigenvalue weighted by atomic mass is 9.98. The molecule has 28 heavy (non-hydrogen) atoms. The lowest BCUT2D eigenvalue weighted by molar-refractivity contribution is -0.163. The maximum Gasteiger partial charge on any atom is 0.407 e. The number of fused-ring (bicyclic) bond motifs is 1. The lowest BCUT2D eigenvalue weighted by Gasteiger charge is -2.26. The third-order valence-corrected chi connectivity index (χ3v) is 4.70. The summed E-state index contributed by atoms with van der Waals surface area (Å²) in [7, 11) is 0. The van der Waals surface area contributed by atoms with Gasteiger partial charge < -0.3 is 10.1 Å². The van der Waals surface area contributed by atoms with Gasteiger partial charge in [0.05, 0.1) is 0 Å². The molecule has 0 aliphatic rings. The molecular weight excluding hydrogens is 369 g/mol. The Balaban J connectivity index is 1.88. The van der Waals surface area contributed by atoms with Gasteiger partial charge in [0.1, 0.15) is 12.1 Å². The molecule has 7 heteroatoms. The molecule has 0 fully saturated rings. The van der Waals surface area contributed by atoms with E-state index in [1.165, 1.54) is 12.1 Å². The summed E-state index contributed by atoms with van der Waals surface area (Å²) in [6, 6.07) is 10.4. The van der Waals surface area contributed by atoms with Gasteiger partial charge in [-0.05, 0) is 46.7 Å². The fraction of sp³-hybridized carbons (Fsp3) is 0.286. The summed E-state index contributed by atoms with van der Waals surface area (Å²) in [6.45, 7) is 1.73. The van der Waals surface area contributed by atoms with Crippen LogP contribution in [0, 0.1) is 0 Å². The number of carboxylic acids is 1. The predicted octanol–water partition coefficient (Wildman–Crippen LogP) is 5.28. The second-order valence-corrected chi connectivity index (χ2v) is 6.72. The molecule has 0 aliphatic heterocycles. The molecule has 4 nitrogen and oxygen atoms in total. The largest absolute Gasteiger partial charge is 0.480 e. The van der Waals surface area contributed by atoms with E-state index < -0.39 is 24.2 Å². The van der Waals surface area contributed by atoms with E-state index in [9.17, 15) is 23.1 Å². The number of aromatic amines is 1. The van der Waals surface area contributed by atoms with E-state index in [0.29, 0.717) is 6.42 Å². The van der Waals surface area contributed by atoms with Gasteiger partial charge in [-0.15, -0.1) is 0 Å². The van der Waals surface area contributed by atoms with Crippen molar-refractivity contribution in [1.82, 2.24) is 10.3 Å². The van der Waals surface area contributed by atoms with Crippen molar-refractivity contribution in [2.75, 3.05) is 0 Å². The average Bonchev–Trinajstić information content (AvgIpc) is 3.12. The molecule has 0 aliphatic carbocycles. The molecule has 1 heterocycles. The summed E-state index contributed by atoms with van der Waals surface area (Å²) in [4.78, 5) is 14.4. The molecule has 2 atom stereocenters. The minimum absolute atomic E-state index is 0.0127. The Kier molecular flexibility index (Phi) is 5.74. The van der Waals surface area contributed by atoms with Gasteiger partial charge in [0, 0.05) is 11.7 Å². The van der Waals surface area contributed by atoms with E-state index in [0.717, 1.165) is 22.0 Å². The second-order valence-electron chi connectivity index (χ2n) is 6.72. The zero-order valence-corrected chi connectivity index (χ0v) is 15.3. The molecule has 3 N–H and O–H groups in total. The van der Waals surface area contributed by atoms with Crippen molar-refractivity contribution in [3.63, 3.8) is 0 Å². The lowest BCUT2D eigenvalue weighted by Crippen LogP contribution is -2.44. The highest BCUT2D eigenvalue weighted by Gasteiger charge is 2.42. The molecular formula is C21H21F3N2O2. The molecule has 0 radical (unpaired) electrons. The number of rotatable bonds is 7. The van der Waals surface area contributed by atoms with E-state index in [-0.39, 0.29) is 12.0 Å². The second kappa shape index (κ2) is 8.06. The maximum absolute atomic E-state index is 13.6. The predicted molar refractivity (Wildman–Crippen MR) is 102 cm³/mol. The molecule has 3 aromatic rings. The summed E-state index contributed by atoms with van der Waals surface area (Å²) in [6.07, 6.45) is -2.19. The number of aromatic nitrogens is 1. The van der Waals surface area contributed by atoms with E-state index in [1.54, 1.807) is 19.1 Å². The van der Waals surface area contributed by atoms with Gasteiger partial charge in [-0.1, -0.05) is 43.7 Å². The van der Waals surface area contributed by atoms with Gasteiger partial charge >= 0.3 is 12.1 Å². The Morgan fingerprint density at radius 1 is 1.11 bits per heavy atom. The van der Waals surface area contributed by atoms with Crippen molar-refractivity contribution < 1.29 is 23.1 Å². The Morgan fingerprint density at radius 3 is 2.39 bits per heavy atom. The minimum atomic E-state index is -4.60. The number of halogens is 3. The molecule has 0 bridgehead atoms. The van der Waals surface area contributed by atoms with Crippen LogP contribution in [0.1, 0.15) is 31.4 Å². The molecule has 0 saturated carbocycles. The fourth-order valence-corrected chi connectivity index (χ4v) is 3.25. The highest BCUT2D eigenvalue weighted by molar-refractivity contribution is 5.85. The topological polar surface area (TPSA) is 65.1 Å². The molecule has 148 valence electrons. The van der Waals surface area contributed by atoms with Gasteiger partial charge in [-0.2, -0.15) is 13.2 Å². The molecule has 2 aromatic carbocycles. The van der Waals surface area contributed by atoms with Crippen LogP contribution in [0.5, 0.6) is 0 Å². The summed E-state index contributed by atoms with van der Waals surface area (Å²) in [5.74, 6) is -1.28. The van der Waals surface area contributed by atoms with Crippen molar-refractivity contribution in [2.24, 2.45) is 0 Å². The smallest absolute Gasteiger partial charge is 0.407 e. The quantitative estimate of drug-likeness (QED) is 0.514. The Morgan fingerprint density at radius 2 is 1.79 bits per heavy atom. The number of nitrogens with one attached hydrogen (secondary N) is 2. The van der Waals surface area contributed by atoms with E-state index in [4.69, 9.17) is 0 Å². The first-order valence-electron chi connectivity index (χ1n) is 9.02. The third kappa shape index (κ3) is 4.36. The number of carbonyl (C=O) groups is 1. The summed E-state index contributed by atoms with van der Waals surface area (Å²) < 4.78 is 40.7. The van der Waals surface area contributed by atoms with Crippen molar-refractivity contribution in [2.45, 2.75) is 38.0 Å². The third-order valence-electron chi connectivity index (χ3n) is 4.70. The number of hydrogen-bond acceptors (Lipinski definition) is 2. The first-order valence-corrected chi connectivity index (χ1v) is 9.02. The average molecular weight is 390 g/mol. The first kappa shape index (κ1) is 19.9. The van der Waals surface area contributed by atoms with Gasteiger partial charge in [-0.25, -0.2) is 0 Å². The SMILES string of the molecule is CCC[C@H](N[C@@H](c1ccc(-c2ccc3[nH]ccc3c2)cc1)C(F)(F)F)C(=O)O. The van der Waals surface area contributed by atoms with Gasteiger partial charge in [0.2, 0.25) is 0 Å². The molecule has 0 spiro atoms. The van der Waals surface area contributed by atoms with Crippen LogP contribution in [-0.2, 0) is 4.79 Å². The maximum atomic E-state index is 13.6. The molecule has 0 unspecified atom stereocenters. The van der Waals surface area contributed by atoms with E-state index in [2.05, 4.69) is 10.3 Å². The number of H-pyrrole nitrogens is 1. The van der Waals surface area contributed by atoms with Gasteiger partial charge in [0.25, 0.3) is 0 Å². The normalized spacial score (nSPS) is 14.1. The van der Waals surface area contributed by atoms with Crippen LogP contribution in [0.3, 0.4) is 0 Å². The Hall–Kier alpha value is -2.80. The number of carboxylic acid groups (broad SMARTS) is 1. The van der Waals surface area contributed by atoms with Crippen LogP contribution in [0.15, 0.2) is 54.7 Å². The van der Waals surface area contributed by atoms with E-state index >= 15 is 0 Å². The van der Waals surface area contributed by atoms with Crippen molar-refractivity contribution in [3.8, 4) is 11.1 Å². The number of alkyl halides is 3. The van der Waals surface area contributed by atoms with Crippen molar-refractivity contribution in [3.05, 3.63) is 60.3 Å². The summed E-state index contributed by atoms with van der Waals surface area (Å²) >= 11 is 0. The molecule has 0 amide bonds. The number of hydrogen-bond donors (Lipinski definition) is 3. The van der Waals surface area contributed by atoms with Crippen LogP contribution in [-0.4, -0.2) is 28.3 Å². The fourth-order valence-electron chi connectivity index (χ4n) is 3.25. The Bertz CT molecular complexity index is 948. The standard InChI is InChI=1S/C21H21F3N2O2/c1-2-3-18(20(27)28)26-19(21(22,23)24)14-6-4-13(5-7-14)15-8-9-17-16(12-15)10-11-25-17/h4-12,18-19,25-26H,2-3H2,1H3,(H,27,28)/t18-,19-/m0/s1. The summed E-state index contributed by atoms with van der Waals surface area (Å²) in [5.41, 5.74) is 2.65. The summed E-state index contributed by atoms with van der Waals surface area (Å²) in [5, 5.41) is 12.5. The minimum Gasteiger partial charge on any atom is -0.480 e. The van der Waals surface area contributed by atoms with Crippen LogP contribution < -0.4 is 5.32 Å². The number of aliphatic carboxylic acids is 1. The zero-order valence-electron chi connectivity index (χ0n) is 15.3. The highest BCUT2D eigenvalue weighted by Crippen LogP contribution is 2.34.